The highest BCUT2D eigenvalue weighted by Gasteiger charge is 2.38. The number of nitrogens with zero attached hydrogens (tertiary/aromatic N) is 1. The highest BCUT2D eigenvalue weighted by Crippen LogP contribution is 2.20. The molecule has 2 aliphatic heterocycles. The van der Waals surface area contributed by atoms with E-state index in [0.717, 1.165) is 6.42 Å². The molecule has 2 aliphatic rings. The first kappa shape index (κ1) is 8.50. The quantitative estimate of drug-likeness (QED) is 0.570. The van der Waals surface area contributed by atoms with Gasteiger partial charge in [-0.2, -0.15) is 0 Å². The summed E-state index contributed by atoms with van der Waals surface area (Å²) in [6.07, 6.45) is 0.860. The van der Waals surface area contributed by atoms with Gasteiger partial charge in [-0.05, 0) is 13.3 Å². The van der Waals surface area contributed by atoms with Gasteiger partial charge in [0.15, 0.2) is 0 Å². The van der Waals surface area contributed by atoms with Crippen LogP contribution in [0.4, 0.5) is 4.79 Å². The molecule has 0 saturated carbocycles. The lowest BCUT2D eigenvalue weighted by Gasteiger charge is -2.23. The number of nitrogens with one attached hydrogen (secondary N) is 1. The molecule has 2 fully saturated rings. The third-order valence-electron chi connectivity index (χ3n) is 2.56. The van der Waals surface area contributed by atoms with Crippen molar-refractivity contribution in [1.82, 2.24) is 10.2 Å². The summed E-state index contributed by atoms with van der Waals surface area (Å²) in [5.74, 6) is -0.218. The molecule has 0 bridgehead atoms. The average Bonchev–Trinajstić information content (AvgIpc) is 2.58. The molecule has 0 spiro atoms. The van der Waals surface area contributed by atoms with Crippen LogP contribution in [-0.2, 0) is 9.53 Å². The van der Waals surface area contributed by atoms with Gasteiger partial charge in [-0.25, -0.2) is 4.79 Å². The Morgan fingerprint density at radius 3 is 2.77 bits per heavy atom. The van der Waals surface area contributed by atoms with Crippen molar-refractivity contribution in [2.75, 3.05) is 13.2 Å². The maximum Gasteiger partial charge on any atom is 0.324 e. The van der Waals surface area contributed by atoms with Crippen molar-refractivity contribution >= 4 is 11.9 Å². The van der Waals surface area contributed by atoms with Gasteiger partial charge in [0.2, 0.25) is 5.91 Å². The number of rotatable bonds is 1. The highest BCUT2D eigenvalue weighted by molar-refractivity contribution is 6.02. The van der Waals surface area contributed by atoms with Gasteiger partial charge in [0.05, 0.1) is 12.1 Å². The molecule has 3 amide bonds. The molecule has 5 heteroatoms. The number of amides is 3. The normalized spacial score (nSPS) is 34.1. The fraction of sp³-hybridized carbons (Fsp3) is 0.750. The van der Waals surface area contributed by atoms with Crippen LogP contribution in [0.15, 0.2) is 0 Å². The molecule has 0 aromatic rings. The first-order valence-corrected chi connectivity index (χ1v) is 4.40. The molecule has 5 nitrogen and oxygen atoms in total. The summed E-state index contributed by atoms with van der Waals surface area (Å²) in [5, 5.41) is 2.26. The second-order valence-corrected chi connectivity index (χ2v) is 3.41. The monoisotopic (exact) mass is 184 g/mol. The van der Waals surface area contributed by atoms with Gasteiger partial charge < -0.3 is 9.64 Å². The van der Waals surface area contributed by atoms with Gasteiger partial charge in [0.25, 0.3) is 0 Å². The van der Waals surface area contributed by atoms with E-state index in [4.69, 9.17) is 4.74 Å². The van der Waals surface area contributed by atoms with E-state index < -0.39 is 0 Å². The standard InChI is InChI=1S/C8H12N2O3/c1-5-6(2-3-13-5)10-4-7(11)9-8(10)12/h5-6H,2-4H2,1H3,(H,9,11,12). The van der Waals surface area contributed by atoms with Crippen molar-refractivity contribution in [3.63, 3.8) is 0 Å². The van der Waals surface area contributed by atoms with Gasteiger partial charge in [-0.15, -0.1) is 0 Å². The minimum Gasteiger partial charge on any atom is -0.376 e. The molecule has 2 atom stereocenters. The maximum atomic E-state index is 11.3. The summed E-state index contributed by atoms with van der Waals surface area (Å²) in [5.41, 5.74) is 0. The van der Waals surface area contributed by atoms with E-state index in [1.807, 2.05) is 6.92 Å². The minimum absolute atomic E-state index is 0.0386. The molecule has 2 unspecified atom stereocenters. The van der Waals surface area contributed by atoms with Crippen molar-refractivity contribution in [1.29, 1.82) is 0 Å². The van der Waals surface area contributed by atoms with E-state index in [1.54, 1.807) is 4.90 Å². The summed E-state index contributed by atoms with van der Waals surface area (Å²) < 4.78 is 5.33. The second kappa shape index (κ2) is 2.99. The fourth-order valence-corrected chi connectivity index (χ4v) is 1.85. The predicted octanol–water partition coefficient (Wildman–Crippen LogP) is -0.284. The molecule has 2 heterocycles. The molecule has 2 saturated heterocycles. The first-order valence-electron chi connectivity index (χ1n) is 4.40. The molecule has 0 aromatic heterocycles. The van der Waals surface area contributed by atoms with Crippen LogP contribution in [0, 0.1) is 0 Å². The Hall–Kier alpha value is -1.10. The van der Waals surface area contributed by atoms with Crippen molar-refractivity contribution in [3.8, 4) is 0 Å². The lowest BCUT2D eigenvalue weighted by molar-refractivity contribution is -0.118. The van der Waals surface area contributed by atoms with E-state index in [-0.39, 0.29) is 30.6 Å². The van der Waals surface area contributed by atoms with Crippen molar-refractivity contribution in [2.24, 2.45) is 0 Å². The Morgan fingerprint density at radius 1 is 1.54 bits per heavy atom. The Kier molecular flexibility index (Phi) is 1.95. The Morgan fingerprint density at radius 2 is 2.31 bits per heavy atom. The zero-order valence-corrected chi connectivity index (χ0v) is 7.45. The van der Waals surface area contributed by atoms with Gasteiger partial charge in [-0.3, -0.25) is 10.1 Å². The number of ether oxygens (including phenoxy) is 1. The van der Waals surface area contributed by atoms with E-state index in [9.17, 15) is 9.59 Å². The van der Waals surface area contributed by atoms with Gasteiger partial charge >= 0.3 is 6.03 Å². The lowest BCUT2D eigenvalue weighted by atomic mass is 10.1. The first-order chi connectivity index (χ1) is 6.18. The number of urea groups is 1. The molecular formula is C8H12N2O3. The summed E-state index contributed by atoms with van der Waals surface area (Å²) in [6, 6.07) is -0.223. The smallest absolute Gasteiger partial charge is 0.324 e. The number of carbonyl (C=O) groups is 2. The van der Waals surface area contributed by atoms with Crippen LogP contribution in [0.2, 0.25) is 0 Å². The highest BCUT2D eigenvalue weighted by atomic mass is 16.5. The summed E-state index contributed by atoms with van der Waals surface area (Å²) in [7, 11) is 0. The van der Waals surface area contributed by atoms with E-state index in [2.05, 4.69) is 5.32 Å². The van der Waals surface area contributed by atoms with Gasteiger partial charge in [-0.1, -0.05) is 0 Å². The van der Waals surface area contributed by atoms with Crippen LogP contribution in [0.5, 0.6) is 0 Å². The van der Waals surface area contributed by atoms with Gasteiger partial charge in [0.1, 0.15) is 6.54 Å². The molecule has 0 aromatic carbocycles. The van der Waals surface area contributed by atoms with Crippen LogP contribution in [0.1, 0.15) is 13.3 Å². The van der Waals surface area contributed by atoms with Gasteiger partial charge in [0, 0.05) is 6.61 Å². The zero-order chi connectivity index (χ0) is 9.42. The Labute approximate surface area is 76.0 Å². The molecule has 13 heavy (non-hydrogen) atoms. The number of carbonyl (C=O) groups excluding carboxylic acids is 2. The van der Waals surface area contributed by atoms with Crippen LogP contribution in [-0.4, -0.2) is 42.1 Å². The third-order valence-corrected chi connectivity index (χ3v) is 2.56. The lowest BCUT2D eigenvalue weighted by Crippen LogP contribution is -2.41. The Bertz CT molecular complexity index is 254. The van der Waals surface area contributed by atoms with E-state index in [1.165, 1.54) is 0 Å². The second-order valence-electron chi connectivity index (χ2n) is 3.41. The van der Waals surface area contributed by atoms with Crippen molar-refractivity contribution in [3.05, 3.63) is 0 Å². The van der Waals surface area contributed by atoms with E-state index in [0.29, 0.717) is 6.61 Å². The maximum absolute atomic E-state index is 11.3. The molecule has 1 N–H and O–H groups in total. The SMILES string of the molecule is CC1OCCC1N1CC(=O)NC1=O. The zero-order valence-electron chi connectivity index (χ0n) is 7.45. The largest absolute Gasteiger partial charge is 0.376 e. The molecule has 0 radical (unpaired) electrons. The topological polar surface area (TPSA) is 58.6 Å². The molecule has 72 valence electrons. The third kappa shape index (κ3) is 1.39. The number of hydrogen-bond donors (Lipinski definition) is 1. The van der Waals surface area contributed by atoms with E-state index >= 15 is 0 Å². The molecular weight excluding hydrogens is 172 g/mol. The number of imide groups is 1. The van der Waals surface area contributed by atoms with Crippen LogP contribution < -0.4 is 5.32 Å². The minimum atomic E-state index is -0.285. The number of hydrogen-bond acceptors (Lipinski definition) is 3. The fourth-order valence-electron chi connectivity index (χ4n) is 1.85. The van der Waals surface area contributed by atoms with Crippen molar-refractivity contribution < 1.29 is 14.3 Å². The van der Waals surface area contributed by atoms with Crippen molar-refractivity contribution in [2.45, 2.75) is 25.5 Å². The average molecular weight is 184 g/mol. The van der Waals surface area contributed by atoms with Crippen LogP contribution in [0.25, 0.3) is 0 Å². The van der Waals surface area contributed by atoms with Crippen LogP contribution in [0.3, 0.4) is 0 Å². The molecule has 2 rings (SSSR count). The molecule has 0 aliphatic carbocycles. The Balaban J connectivity index is 2.08. The summed E-state index contributed by atoms with van der Waals surface area (Å²) >= 11 is 0. The van der Waals surface area contributed by atoms with Crippen LogP contribution >= 0.6 is 0 Å². The predicted molar refractivity (Wildman–Crippen MR) is 44.1 cm³/mol. The summed E-state index contributed by atoms with van der Waals surface area (Å²) in [4.78, 5) is 23.7. The summed E-state index contributed by atoms with van der Waals surface area (Å²) in [6.45, 7) is 2.77.